The minimum absolute atomic E-state index is 1.13. The Bertz CT molecular complexity index is 222. The van der Waals surface area contributed by atoms with E-state index in [-0.39, 0.29) is 0 Å². The molecule has 0 aromatic carbocycles. The van der Waals surface area contributed by atoms with Gasteiger partial charge in [-0.3, -0.25) is 0 Å². The minimum atomic E-state index is 1.13. The topological polar surface area (TPSA) is 0 Å². The number of rotatable bonds is 14. The highest BCUT2D eigenvalue weighted by Gasteiger charge is 1.92. The Morgan fingerprint density at radius 1 is 0.842 bits per heavy atom. The first-order chi connectivity index (χ1) is 9.41. The molecule has 0 amide bonds. The summed E-state index contributed by atoms with van der Waals surface area (Å²) < 4.78 is 0. The Kier molecular flexibility index (Phi) is 16.5. The van der Waals surface area contributed by atoms with Crippen LogP contribution in [0.25, 0.3) is 0 Å². The van der Waals surface area contributed by atoms with Gasteiger partial charge in [-0.15, -0.1) is 0 Å². The van der Waals surface area contributed by atoms with Crippen LogP contribution in [-0.4, -0.2) is 0 Å². The summed E-state index contributed by atoms with van der Waals surface area (Å²) in [5.74, 6) is 0. The van der Waals surface area contributed by atoms with E-state index < -0.39 is 0 Å². The summed E-state index contributed by atoms with van der Waals surface area (Å²) in [7, 11) is 0. The molecule has 0 rings (SSSR count). The van der Waals surface area contributed by atoms with Gasteiger partial charge in [0.2, 0.25) is 0 Å². The lowest BCUT2D eigenvalue weighted by Gasteiger charge is -2.01. The molecule has 0 nitrogen and oxygen atoms in total. The van der Waals surface area contributed by atoms with Gasteiger partial charge in [-0.1, -0.05) is 82.8 Å². The zero-order valence-corrected chi connectivity index (χ0v) is 13.0. The van der Waals surface area contributed by atoms with E-state index in [1.165, 1.54) is 64.2 Å². The zero-order valence-electron chi connectivity index (χ0n) is 13.0. The number of unbranched alkanes of at least 4 members (excludes halogenated alkanes) is 10. The summed E-state index contributed by atoms with van der Waals surface area (Å²) in [6.07, 6.45) is 27.7. The van der Waals surface area contributed by atoms with Gasteiger partial charge in [0, 0.05) is 0 Å². The van der Waals surface area contributed by atoms with E-state index in [4.69, 9.17) is 0 Å². The maximum Gasteiger partial charge on any atom is -0.0279 e. The standard InChI is InChI=1S/C19H33/c1-3-5-7-9-11-13-15-17-19-18-16-14-12-10-8-6-4-2/h3,5-7H,1,4,9-19H2,2H3. The van der Waals surface area contributed by atoms with Crippen LogP contribution in [0.2, 0.25) is 0 Å². The molecule has 0 aromatic heterocycles. The van der Waals surface area contributed by atoms with E-state index in [1.807, 2.05) is 12.2 Å². The molecule has 0 aromatic rings. The van der Waals surface area contributed by atoms with Gasteiger partial charge in [0.05, 0.1) is 0 Å². The van der Waals surface area contributed by atoms with Crippen molar-refractivity contribution in [3.05, 3.63) is 37.0 Å². The summed E-state index contributed by atoms with van der Waals surface area (Å²) in [5, 5.41) is 0. The molecule has 0 N–H and O–H groups in total. The van der Waals surface area contributed by atoms with Crippen molar-refractivity contribution >= 4 is 0 Å². The SMILES string of the molecule is C=CC=CCCCCCCCCCCC/[C]=C/CC. The monoisotopic (exact) mass is 261 g/mol. The molecule has 0 unspecified atom stereocenters. The van der Waals surface area contributed by atoms with Gasteiger partial charge in [-0.25, -0.2) is 0 Å². The van der Waals surface area contributed by atoms with Gasteiger partial charge in [0.1, 0.15) is 0 Å². The number of hydrogen-bond donors (Lipinski definition) is 0. The average molecular weight is 261 g/mol. The van der Waals surface area contributed by atoms with Gasteiger partial charge in [-0.05, 0) is 38.2 Å². The van der Waals surface area contributed by atoms with Crippen molar-refractivity contribution in [2.45, 2.75) is 84.0 Å². The van der Waals surface area contributed by atoms with Gasteiger partial charge in [0.25, 0.3) is 0 Å². The van der Waals surface area contributed by atoms with Crippen LogP contribution in [-0.2, 0) is 0 Å². The molecule has 0 saturated carbocycles. The molecule has 0 aliphatic carbocycles. The smallest absolute Gasteiger partial charge is 0.0279 e. The summed E-state index contributed by atoms with van der Waals surface area (Å²) in [6, 6.07) is 0. The average Bonchev–Trinajstić information content (AvgIpc) is 2.43. The van der Waals surface area contributed by atoms with Crippen LogP contribution >= 0.6 is 0 Å². The molecule has 0 spiro atoms. The van der Waals surface area contributed by atoms with Gasteiger partial charge >= 0.3 is 0 Å². The zero-order chi connectivity index (χ0) is 14.0. The van der Waals surface area contributed by atoms with Crippen molar-refractivity contribution in [1.29, 1.82) is 0 Å². The molecule has 0 saturated heterocycles. The lowest BCUT2D eigenvalue weighted by Crippen LogP contribution is -1.81. The van der Waals surface area contributed by atoms with Gasteiger partial charge in [-0.2, -0.15) is 0 Å². The van der Waals surface area contributed by atoms with Crippen LogP contribution < -0.4 is 0 Å². The number of hydrogen-bond acceptors (Lipinski definition) is 0. The molecule has 0 aliphatic rings. The Morgan fingerprint density at radius 3 is 2.00 bits per heavy atom. The molecule has 0 heterocycles. The second-order valence-corrected chi connectivity index (χ2v) is 5.20. The van der Waals surface area contributed by atoms with Crippen molar-refractivity contribution in [3.8, 4) is 0 Å². The highest BCUT2D eigenvalue weighted by molar-refractivity contribution is 4.96. The summed E-state index contributed by atoms with van der Waals surface area (Å²) >= 11 is 0. The van der Waals surface area contributed by atoms with E-state index in [0.29, 0.717) is 0 Å². The molecule has 1 radical (unpaired) electrons. The Hall–Kier alpha value is -0.780. The van der Waals surface area contributed by atoms with E-state index in [0.717, 1.165) is 12.8 Å². The predicted molar refractivity (Wildman–Crippen MR) is 88.2 cm³/mol. The molecule has 0 bridgehead atoms. The highest BCUT2D eigenvalue weighted by Crippen LogP contribution is 2.11. The third-order valence-corrected chi connectivity index (χ3v) is 3.31. The van der Waals surface area contributed by atoms with Crippen molar-refractivity contribution in [2.24, 2.45) is 0 Å². The molecule has 109 valence electrons. The molecule has 0 fully saturated rings. The normalized spacial score (nSPS) is 11.6. The first-order valence-corrected chi connectivity index (χ1v) is 8.24. The van der Waals surface area contributed by atoms with Crippen LogP contribution in [0.1, 0.15) is 84.0 Å². The first-order valence-electron chi connectivity index (χ1n) is 8.24. The Morgan fingerprint density at radius 2 is 1.42 bits per heavy atom. The minimum Gasteiger partial charge on any atom is -0.0991 e. The van der Waals surface area contributed by atoms with Crippen molar-refractivity contribution < 1.29 is 0 Å². The summed E-state index contributed by atoms with van der Waals surface area (Å²) in [5.41, 5.74) is 0. The van der Waals surface area contributed by atoms with Crippen molar-refractivity contribution in [1.82, 2.24) is 0 Å². The third kappa shape index (κ3) is 17.2. The van der Waals surface area contributed by atoms with Crippen molar-refractivity contribution in [3.63, 3.8) is 0 Å². The van der Waals surface area contributed by atoms with Crippen molar-refractivity contribution in [2.75, 3.05) is 0 Å². The fourth-order valence-corrected chi connectivity index (χ4v) is 2.17. The molecular formula is C19H33. The Balaban J connectivity index is 3.00. The van der Waals surface area contributed by atoms with Gasteiger partial charge < -0.3 is 0 Å². The van der Waals surface area contributed by atoms with E-state index in [9.17, 15) is 0 Å². The molecular weight excluding hydrogens is 228 g/mol. The highest BCUT2D eigenvalue weighted by atomic mass is 14.0. The first kappa shape index (κ1) is 18.2. The fourth-order valence-electron chi connectivity index (χ4n) is 2.17. The summed E-state index contributed by atoms with van der Waals surface area (Å²) in [4.78, 5) is 0. The van der Waals surface area contributed by atoms with Crippen LogP contribution in [0.4, 0.5) is 0 Å². The Labute approximate surface area is 121 Å². The lowest BCUT2D eigenvalue weighted by molar-refractivity contribution is 0.560. The second-order valence-electron chi connectivity index (χ2n) is 5.20. The van der Waals surface area contributed by atoms with E-state index in [1.54, 1.807) is 0 Å². The summed E-state index contributed by atoms with van der Waals surface area (Å²) in [6.45, 7) is 5.84. The molecule has 0 aliphatic heterocycles. The second kappa shape index (κ2) is 17.2. The maximum absolute atomic E-state index is 3.67. The largest absolute Gasteiger partial charge is 0.0991 e. The van der Waals surface area contributed by atoms with E-state index >= 15 is 0 Å². The van der Waals surface area contributed by atoms with Crippen LogP contribution in [0.5, 0.6) is 0 Å². The molecule has 0 heteroatoms. The van der Waals surface area contributed by atoms with Crippen LogP contribution in [0.15, 0.2) is 30.9 Å². The van der Waals surface area contributed by atoms with Crippen LogP contribution in [0.3, 0.4) is 0 Å². The predicted octanol–water partition coefficient (Wildman–Crippen LogP) is 6.79. The number of allylic oxidation sites excluding steroid dienone is 5. The maximum atomic E-state index is 3.67. The molecule has 19 heavy (non-hydrogen) atoms. The third-order valence-electron chi connectivity index (χ3n) is 3.31. The van der Waals surface area contributed by atoms with Gasteiger partial charge in [0.15, 0.2) is 0 Å². The molecule has 0 atom stereocenters. The lowest BCUT2D eigenvalue weighted by atomic mass is 10.1. The quantitative estimate of drug-likeness (QED) is 0.238. The van der Waals surface area contributed by atoms with E-state index in [2.05, 4.69) is 31.7 Å². The fraction of sp³-hybridized carbons (Fsp3) is 0.684. The van der Waals surface area contributed by atoms with Crippen LogP contribution in [0, 0.1) is 6.08 Å².